The number of hydrogen-bond acceptors (Lipinski definition) is 5. The van der Waals surface area contributed by atoms with E-state index >= 15 is 0 Å². The highest BCUT2D eigenvalue weighted by molar-refractivity contribution is 5.94. The molecule has 0 saturated heterocycles. The van der Waals surface area contributed by atoms with Gasteiger partial charge < -0.3 is 9.84 Å². The van der Waals surface area contributed by atoms with Crippen LogP contribution in [0.1, 0.15) is 28.5 Å². The molecule has 1 N–H and O–H groups in total. The van der Waals surface area contributed by atoms with E-state index in [-0.39, 0.29) is 12.4 Å². The summed E-state index contributed by atoms with van der Waals surface area (Å²) in [5.74, 6) is 0.685. The van der Waals surface area contributed by atoms with Crippen molar-refractivity contribution in [2.75, 3.05) is 7.11 Å². The predicted octanol–water partition coefficient (Wildman–Crippen LogP) is 1.03. The molecule has 1 heterocycles. The van der Waals surface area contributed by atoms with E-state index in [1.165, 1.54) is 6.92 Å². The zero-order chi connectivity index (χ0) is 13.8. The number of methoxy groups -OCH3 is 1. The molecule has 6 nitrogen and oxygen atoms in total. The fraction of sp³-hybridized carbons (Fsp3) is 0.308. The van der Waals surface area contributed by atoms with Gasteiger partial charge in [0.05, 0.1) is 26.5 Å². The Balaban J connectivity index is 2.31. The molecule has 0 radical (unpaired) electrons. The molecule has 1 aromatic heterocycles. The van der Waals surface area contributed by atoms with Crippen LogP contribution in [-0.4, -0.2) is 33.0 Å². The van der Waals surface area contributed by atoms with Crippen LogP contribution in [0.5, 0.6) is 5.75 Å². The molecule has 19 heavy (non-hydrogen) atoms. The predicted molar refractivity (Wildman–Crippen MR) is 68.0 cm³/mol. The Morgan fingerprint density at radius 2 is 2.26 bits per heavy atom. The van der Waals surface area contributed by atoms with Crippen molar-refractivity contribution in [2.24, 2.45) is 0 Å². The Labute approximate surface area is 110 Å². The molecule has 0 aliphatic carbocycles. The number of rotatable bonds is 5. The number of nitrogens with zero attached hydrogens (tertiary/aromatic N) is 3. The van der Waals surface area contributed by atoms with Crippen molar-refractivity contribution in [1.29, 1.82) is 0 Å². The summed E-state index contributed by atoms with van der Waals surface area (Å²) in [5, 5.41) is 16.6. The number of carbonyl (C=O) groups is 1. The summed E-state index contributed by atoms with van der Waals surface area (Å²) in [6, 6.07) is 5.27. The van der Waals surface area contributed by atoms with Gasteiger partial charge in [0.25, 0.3) is 0 Å². The van der Waals surface area contributed by atoms with Gasteiger partial charge >= 0.3 is 0 Å². The molecule has 0 spiro atoms. The standard InChI is InChI=1S/C13H15N3O3/c1-9(18)10-3-4-13(19-2)11(5-10)6-16-7-12(8-17)14-15-16/h3-5,7,17H,6,8H2,1-2H3. The highest BCUT2D eigenvalue weighted by atomic mass is 16.5. The first-order chi connectivity index (χ1) is 9.13. The van der Waals surface area contributed by atoms with Gasteiger partial charge in [-0.2, -0.15) is 0 Å². The number of ether oxygens (including phenoxy) is 1. The van der Waals surface area contributed by atoms with Crippen LogP contribution in [0.2, 0.25) is 0 Å². The largest absolute Gasteiger partial charge is 0.496 e. The zero-order valence-corrected chi connectivity index (χ0v) is 10.8. The maximum atomic E-state index is 11.4. The minimum atomic E-state index is -0.148. The molecule has 0 aliphatic heterocycles. The number of carbonyl (C=O) groups excluding carboxylic acids is 1. The fourth-order valence-corrected chi connectivity index (χ4v) is 1.78. The lowest BCUT2D eigenvalue weighted by Gasteiger charge is -2.09. The Bertz CT molecular complexity index is 593. The minimum absolute atomic E-state index is 0.00135. The number of Topliss-reactive ketones (excluding diaryl/α,β-unsaturated/α-hetero) is 1. The second-order valence-electron chi connectivity index (χ2n) is 4.15. The van der Waals surface area contributed by atoms with E-state index < -0.39 is 0 Å². The minimum Gasteiger partial charge on any atom is -0.496 e. The third kappa shape index (κ3) is 2.97. The summed E-state index contributed by atoms with van der Waals surface area (Å²) < 4.78 is 6.85. The van der Waals surface area contributed by atoms with Crippen molar-refractivity contribution < 1.29 is 14.6 Å². The monoisotopic (exact) mass is 261 g/mol. The Hall–Kier alpha value is -2.21. The number of hydrogen-bond donors (Lipinski definition) is 1. The van der Waals surface area contributed by atoms with E-state index in [0.29, 0.717) is 23.6 Å². The Morgan fingerprint density at radius 3 is 2.84 bits per heavy atom. The summed E-state index contributed by atoms with van der Waals surface area (Å²) in [7, 11) is 1.58. The number of benzene rings is 1. The van der Waals surface area contributed by atoms with Crippen LogP contribution < -0.4 is 4.74 Å². The SMILES string of the molecule is COc1ccc(C(C)=O)cc1Cn1cc(CO)nn1. The van der Waals surface area contributed by atoms with Crippen LogP contribution in [0.3, 0.4) is 0 Å². The molecule has 0 aliphatic rings. The smallest absolute Gasteiger partial charge is 0.159 e. The van der Waals surface area contributed by atoms with E-state index in [2.05, 4.69) is 10.3 Å². The third-order valence-electron chi connectivity index (χ3n) is 2.77. The van der Waals surface area contributed by atoms with Crippen molar-refractivity contribution >= 4 is 5.78 Å². The Kier molecular flexibility index (Phi) is 3.91. The molecule has 2 rings (SSSR count). The first-order valence-corrected chi connectivity index (χ1v) is 5.81. The van der Waals surface area contributed by atoms with Crippen LogP contribution >= 0.6 is 0 Å². The molecule has 0 bridgehead atoms. The van der Waals surface area contributed by atoms with Crippen LogP contribution in [-0.2, 0) is 13.2 Å². The highest BCUT2D eigenvalue weighted by Gasteiger charge is 2.09. The van der Waals surface area contributed by atoms with E-state index in [4.69, 9.17) is 9.84 Å². The van der Waals surface area contributed by atoms with Gasteiger partial charge in [0.2, 0.25) is 0 Å². The molecular formula is C13H15N3O3. The molecule has 1 aromatic carbocycles. The van der Waals surface area contributed by atoms with Crippen molar-refractivity contribution in [3.05, 3.63) is 41.2 Å². The van der Waals surface area contributed by atoms with E-state index in [1.54, 1.807) is 36.2 Å². The van der Waals surface area contributed by atoms with Crippen molar-refractivity contribution in [3.8, 4) is 5.75 Å². The summed E-state index contributed by atoms with van der Waals surface area (Å²) in [6.07, 6.45) is 1.65. The topological polar surface area (TPSA) is 77.2 Å². The lowest BCUT2D eigenvalue weighted by Crippen LogP contribution is -2.04. The number of aliphatic hydroxyl groups excluding tert-OH is 1. The molecule has 0 unspecified atom stereocenters. The molecule has 0 fully saturated rings. The molecule has 6 heteroatoms. The lowest BCUT2D eigenvalue weighted by molar-refractivity contribution is 0.101. The zero-order valence-electron chi connectivity index (χ0n) is 10.8. The maximum absolute atomic E-state index is 11.4. The highest BCUT2D eigenvalue weighted by Crippen LogP contribution is 2.21. The molecule has 100 valence electrons. The van der Waals surface area contributed by atoms with E-state index in [0.717, 1.165) is 5.56 Å². The first-order valence-electron chi connectivity index (χ1n) is 5.81. The summed E-state index contributed by atoms with van der Waals surface area (Å²) in [4.78, 5) is 11.4. The molecule has 0 atom stereocenters. The van der Waals surface area contributed by atoms with Gasteiger partial charge in [-0.1, -0.05) is 5.21 Å². The molecule has 2 aromatic rings. The summed E-state index contributed by atoms with van der Waals surface area (Å²) >= 11 is 0. The fourth-order valence-electron chi connectivity index (χ4n) is 1.78. The van der Waals surface area contributed by atoms with E-state index in [9.17, 15) is 4.79 Å². The second-order valence-corrected chi connectivity index (χ2v) is 4.15. The lowest BCUT2D eigenvalue weighted by atomic mass is 10.1. The molecule has 0 saturated carbocycles. The summed E-state index contributed by atoms with van der Waals surface area (Å²) in [5.41, 5.74) is 1.96. The van der Waals surface area contributed by atoms with Crippen LogP contribution in [0.4, 0.5) is 0 Å². The average molecular weight is 261 g/mol. The molecule has 0 amide bonds. The van der Waals surface area contributed by atoms with Gasteiger partial charge in [-0.15, -0.1) is 5.10 Å². The van der Waals surface area contributed by atoms with Gasteiger partial charge in [0, 0.05) is 11.1 Å². The van der Waals surface area contributed by atoms with Crippen LogP contribution in [0.15, 0.2) is 24.4 Å². The van der Waals surface area contributed by atoms with Gasteiger partial charge in [-0.3, -0.25) is 4.79 Å². The van der Waals surface area contributed by atoms with Gasteiger partial charge in [0.15, 0.2) is 5.78 Å². The summed E-state index contributed by atoms with van der Waals surface area (Å²) in [6.45, 7) is 1.80. The normalized spacial score (nSPS) is 10.5. The van der Waals surface area contributed by atoms with Crippen molar-refractivity contribution in [1.82, 2.24) is 15.0 Å². The second kappa shape index (κ2) is 5.62. The van der Waals surface area contributed by atoms with E-state index in [1.807, 2.05) is 0 Å². The number of aliphatic hydroxyl groups is 1. The first kappa shape index (κ1) is 13.2. The Morgan fingerprint density at radius 1 is 1.47 bits per heavy atom. The van der Waals surface area contributed by atoms with Crippen LogP contribution in [0.25, 0.3) is 0 Å². The quantitative estimate of drug-likeness (QED) is 0.813. The number of aromatic nitrogens is 3. The van der Waals surface area contributed by atoms with Gasteiger partial charge in [-0.05, 0) is 25.1 Å². The van der Waals surface area contributed by atoms with Crippen molar-refractivity contribution in [2.45, 2.75) is 20.1 Å². The molecular weight excluding hydrogens is 246 g/mol. The maximum Gasteiger partial charge on any atom is 0.159 e. The van der Waals surface area contributed by atoms with Crippen LogP contribution in [0, 0.1) is 0 Å². The average Bonchev–Trinajstić information content (AvgIpc) is 2.86. The van der Waals surface area contributed by atoms with Gasteiger partial charge in [0.1, 0.15) is 11.4 Å². The third-order valence-corrected chi connectivity index (χ3v) is 2.77. The van der Waals surface area contributed by atoms with Gasteiger partial charge in [-0.25, -0.2) is 4.68 Å². The van der Waals surface area contributed by atoms with Crippen molar-refractivity contribution in [3.63, 3.8) is 0 Å². The number of ketones is 1.